The highest BCUT2D eigenvalue weighted by molar-refractivity contribution is 9.08. The van der Waals surface area contributed by atoms with Crippen molar-refractivity contribution in [2.24, 2.45) is 0 Å². The summed E-state index contributed by atoms with van der Waals surface area (Å²) in [5, 5.41) is 0.601. The lowest BCUT2D eigenvalue weighted by atomic mass is 10.1. The van der Waals surface area contributed by atoms with Crippen LogP contribution in [0.5, 0.6) is 0 Å². The van der Waals surface area contributed by atoms with Crippen LogP contribution in [0.15, 0.2) is 18.2 Å². The van der Waals surface area contributed by atoms with Crippen LogP contribution in [0.1, 0.15) is 29.9 Å². The predicted octanol–water partition coefficient (Wildman–Crippen LogP) is 3.60. The van der Waals surface area contributed by atoms with E-state index in [-0.39, 0.29) is 5.82 Å². The second-order valence-electron chi connectivity index (χ2n) is 3.26. The molecule has 0 spiro atoms. The van der Waals surface area contributed by atoms with Gasteiger partial charge in [-0.2, -0.15) is 0 Å². The first-order chi connectivity index (χ1) is 5.81. The fraction of sp³-hybridized carbons (Fsp3) is 0.400. The number of alkyl halides is 1. The van der Waals surface area contributed by atoms with Crippen molar-refractivity contribution in [2.45, 2.75) is 24.1 Å². The number of benzene rings is 1. The summed E-state index contributed by atoms with van der Waals surface area (Å²) < 4.78 is 13.2. The Bertz CT molecular complexity index is 292. The van der Waals surface area contributed by atoms with Gasteiger partial charge in [-0.3, -0.25) is 0 Å². The van der Waals surface area contributed by atoms with E-state index in [2.05, 4.69) is 15.9 Å². The number of hydrogen-bond donors (Lipinski definition) is 0. The molecule has 0 amide bonds. The van der Waals surface area contributed by atoms with E-state index in [0.29, 0.717) is 11.2 Å². The van der Waals surface area contributed by atoms with Gasteiger partial charge in [-0.05, 0) is 36.0 Å². The van der Waals surface area contributed by atoms with Gasteiger partial charge in [0, 0.05) is 5.33 Å². The highest BCUT2D eigenvalue weighted by atomic mass is 79.9. The van der Waals surface area contributed by atoms with Crippen molar-refractivity contribution in [3.63, 3.8) is 0 Å². The molecule has 0 N–H and O–H groups in total. The summed E-state index contributed by atoms with van der Waals surface area (Å²) in [7, 11) is 0. The zero-order chi connectivity index (χ0) is 8.55. The molecule has 0 saturated heterocycles. The monoisotopic (exact) mass is 228 g/mol. The first-order valence-electron chi connectivity index (χ1n) is 4.15. The van der Waals surface area contributed by atoms with E-state index in [1.54, 1.807) is 6.07 Å². The SMILES string of the molecule is Fc1cc(C2CC2)ccc1CBr. The molecule has 0 aliphatic heterocycles. The molecule has 0 atom stereocenters. The van der Waals surface area contributed by atoms with Crippen molar-refractivity contribution in [2.75, 3.05) is 0 Å². The molecular weight excluding hydrogens is 219 g/mol. The third-order valence-corrected chi connectivity index (χ3v) is 2.87. The van der Waals surface area contributed by atoms with E-state index in [4.69, 9.17) is 0 Å². The molecule has 1 aromatic carbocycles. The molecule has 2 rings (SSSR count). The Morgan fingerprint density at radius 2 is 2.17 bits per heavy atom. The average molecular weight is 229 g/mol. The lowest BCUT2D eigenvalue weighted by Gasteiger charge is -2.01. The molecule has 64 valence electrons. The average Bonchev–Trinajstić information content (AvgIpc) is 2.86. The van der Waals surface area contributed by atoms with Gasteiger partial charge in [0.25, 0.3) is 0 Å². The highest BCUT2D eigenvalue weighted by Crippen LogP contribution is 2.40. The minimum absolute atomic E-state index is 0.0729. The van der Waals surface area contributed by atoms with Crippen molar-refractivity contribution in [3.05, 3.63) is 35.1 Å². The highest BCUT2D eigenvalue weighted by Gasteiger charge is 2.23. The van der Waals surface area contributed by atoms with Crippen molar-refractivity contribution >= 4 is 15.9 Å². The van der Waals surface area contributed by atoms with Crippen LogP contribution in [0.3, 0.4) is 0 Å². The molecule has 0 unspecified atom stereocenters. The van der Waals surface area contributed by atoms with Gasteiger partial charge in [0.1, 0.15) is 5.82 Å². The maximum absolute atomic E-state index is 13.2. The molecule has 1 aromatic rings. The van der Waals surface area contributed by atoms with E-state index < -0.39 is 0 Å². The smallest absolute Gasteiger partial charge is 0.127 e. The van der Waals surface area contributed by atoms with Crippen molar-refractivity contribution in [3.8, 4) is 0 Å². The summed E-state index contributed by atoms with van der Waals surface area (Å²) in [4.78, 5) is 0. The summed E-state index contributed by atoms with van der Waals surface area (Å²) in [5.74, 6) is 0.570. The second-order valence-corrected chi connectivity index (χ2v) is 3.82. The molecule has 1 aliphatic rings. The fourth-order valence-electron chi connectivity index (χ4n) is 1.34. The van der Waals surface area contributed by atoms with Gasteiger partial charge in [-0.1, -0.05) is 28.1 Å². The van der Waals surface area contributed by atoms with Crippen molar-refractivity contribution in [1.29, 1.82) is 0 Å². The van der Waals surface area contributed by atoms with E-state index in [0.717, 1.165) is 11.1 Å². The Labute approximate surface area is 79.9 Å². The molecule has 0 aromatic heterocycles. The summed E-state index contributed by atoms with van der Waals surface area (Å²) in [6.07, 6.45) is 2.46. The van der Waals surface area contributed by atoms with Gasteiger partial charge in [-0.15, -0.1) is 0 Å². The lowest BCUT2D eigenvalue weighted by molar-refractivity contribution is 0.615. The quantitative estimate of drug-likeness (QED) is 0.679. The number of hydrogen-bond acceptors (Lipinski definition) is 0. The third-order valence-electron chi connectivity index (χ3n) is 2.27. The number of halogens is 2. The lowest BCUT2D eigenvalue weighted by Crippen LogP contribution is -1.88. The van der Waals surface area contributed by atoms with Crippen LogP contribution in [-0.4, -0.2) is 0 Å². The number of rotatable bonds is 2. The zero-order valence-corrected chi connectivity index (χ0v) is 8.27. The summed E-state index contributed by atoms with van der Waals surface area (Å²) in [6.45, 7) is 0. The Hall–Kier alpha value is -0.370. The van der Waals surface area contributed by atoms with Crippen molar-refractivity contribution in [1.82, 2.24) is 0 Å². The van der Waals surface area contributed by atoms with Crippen LogP contribution in [0.25, 0.3) is 0 Å². The summed E-state index contributed by atoms with van der Waals surface area (Å²) >= 11 is 3.25. The summed E-state index contributed by atoms with van der Waals surface area (Å²) in [6, 6.07) is 5.59. The Balaban J connectivity index is 2.30. The van der Waals surface area contributed by atoms with Crippen LogP contribution >= 0.6 is 15.9 Å². The molecule has 2 heteroatoms. The molecule has 1 aliphatic carbocycles. The molecule has 0 bridgehead atoms. The Morgan fingerprint density at radius 1 is 1.42 bits per heavy atom. The van der Waals surface area contributed by atoms with Gasteiger partial charge in [0.05, 0.1) is 0 Å². The molecular formula is C10H10BrF. The summed E-state index contributed by atoms with van der Waals surface area (Å²) in [5.41, 5.74) is 1.91. The molecule has 0 radical (unpaired) electrons. The topological polar surface area (TPSA) is 0 Å². The minimum Gasteiger partial charge on any atom is -0.207 e. The van der Waals surface area contributed by atoms with Crippen LogP contribution in [-0.2, 0) is 5.33 Å². The molecule has 0 heterocycles. The van der Waals surface area contributed by atoms with Gasteiger partial charge in [-0.25, -0.2) is 4.39 Å². The van der Waals surface area contributed by atoms with Gasteiger partial charge < -0.3 is 0 Å². The van der Waals surface area contributed by atoms with Crippen LogP contribution in [0, 0.1) is 5.82 Å². The Kier molecular flexibility index (Phi) is 2.18. The van der Waals surface area contributed by atoms with E-state index in [1.807, 2.05) is 12.1 Å². The van der Waals surface area contributed by atoms with Gasteiger partial charge >= 0.3 is 0 Å². The standard InChI is InChI=1S/C10H10BrF/c11-6-9-4-3-8(5-10(9)12)7-1-2-7/h3-5,7H,1-2,6H2. The van der Waals surface area contributed by atoms with E-state index >= 15 is 0 Å². The molecule has 1 fully saturated rings. The van der Waals surface area contributed by atoms with E-state index in [1.165, 1.54) is 12.8 Å². The Morgan fingerprint density at radius 3 is 2.67 bits per heavy atom. The molecule has 12 heavy (non-hydrogen) atoms. The first-order valence-corrected chi connectivity index (χ1v) is 5.27. The fourth-order valence-corrected chi connectivity index (χ4v) is 1.80. The predicted molar refractivity (Wildman–Crippen MR) is 51.0 cm³/mol. The van der Waals surface area contributed by atoms with Crippen LogP contribution < -0.4 is 0 Å². The normalized spacial score (nSPS) is 16.5. The molecule has 0 nitrogen and oxygen atoms in total. The maximum atomic E-state index is 13.2. The van der Waals surface area contributed by atoms with Crippen molar-refractivity contribution < 1.29 is 4.39 Å². The van der Waals surface area contributed by atoms with Gasteiger partial charge in [0.15, 0.2) is 0 Å². The van der Waals surface area contributed by atoms with Crippen LogP contribution in [0.2, 0.25) is 0 Å². The van der Waals surface area contributed by atoms with E-state index in [9.17, 15) is 4.39 Å². The maximum Gasteiger partial charge on any atom is 0.127 e. The molecule has 1 saturated carbocycles. The van der Waals surface area contributed by atoms with Crippen LogP contribution in [0.4, 0.5) is 4.39 Å². The van der Waals surface area contributed by atoms with Gasteiger partial charge in [0.2, 0.25) is 0 Å². The zero-order valence-electron chi connectivity index (χ0n) is 6.69. The second kappa shape index (κ2) is 3.17. The minimum atomic E-state index is -0.0729. The first kappa shape index (κ1) is 8.24. The third kappa shape index (κ3) is 1.53. The largest absolute Gasteiger partial charge is 0.207 e.